The Bertz CT molecular complexity index is 459. The molecule has 122 valence electrons. The second kappa shape index (κ2) is 9.87. The summed E-state index contributed by atoms with van der Waals surface area (Å²) in [6, 6.07) is -0.602. The third-order valence-electron chi connectivity index (χ3n) is 3.66. The van der Waals surface area contributed by atoms with Gasteiger partial charge in [0.1, 0.15) is 11.7 Å². The van der Waals surface area contributed by atoms with Crippen molar-refractivity contribution in [2.75, 3.05) is 7.11 Å². The zero-order valence-corrected chi connectivity index (χ0v) is 13.5. The molecule has 22 heavy (non-hydrogen) atoms. The van der Waals surface area contributed by atoms with E-state index in [-0.39, 0.29) is 17.5 Å². The van der Waals surface area contributed by atoms with E-state index < -0.39 is 12.0 Å². The summed E-state index contributed by atoms with van der Waals surface area (Å²) in [5, 5.41) is 2.74. The number of amides is 1. The van der Waals surface area contributed by atoms with Crippen molar-refractivity contribution in [2.45, 2.75) is 52.0 Å². The van der Waals surface area contributed by atoms with E-state index in [1.54, 1.807) is 0 Å². The van der Waals surface area contributed by atoms with Crippen LogP contribution in [-0.2, 0) is 9.53 Å². The van der Waals surface area contributed by atoms with Crippen LogP contribution < -0.4 is 5.32 Å². The minimum absolute atomic E-state index is 0.136. The molecule has 1 amide bonds. The summed E-state index contributed by atoms with van der Waals surface area (Å²) in [5.74, 6) is -0.648. The Hall–Kier alpha value is -1.98. The second-order valence-electron chi connectivity index (χ2n) is 4.96. The van der Waals surface area contributed by atoms with Crippen molar-refractivity contribution in [3.8, 4) is 0 Å². The van der Waals surface area contributed by atoms with Crippen LogP contribution in [0.1, 0.15) is 56.4 Å². The highest BCUT2D eigenvalue weighted by molar-refractivity contribution is 5.95. The molecule has 1 saturated carbocycles. The number of rotatable bonds is 4. The molecule has 1 aromatic heterocycles. The molecule has 1 N–H and O–H groups in total. The molecule has 6 nitrogen and oxygen atoms in total. The van der Waals surface area contributed by atoms with Gasteiger partial charge in [-0.1, -0.05) is 33.1 Å². The van der Waals surface area contributed by atoms with Crippen molar-refractivity contribution in [1.29, 1.82) is 0 Å². The Morgan fingerprint density at radius 3 is 2.45 bits per heavy atom. The standard InChI is InChI=1S/C14H19N3O3.C2H6/c1-20-14(19)12(10-5-3-2-4-6-10)17-13(18)11-9-15-7-8-16-11;1-2/h7-10,12H,2-6H2,1H3,(H,17,18);1-2H3. The highest BCUT2D eigenvalue weighted by Crippen LogP contribution is 2.27. The maximum atomic E-state index is 12.1. The third kappa shape index (κ3) is 5.09. The van der Waals surface area contributed by atoms with Gasteiger partial charge in [0, 0.05) is 12.4 Å². The normalized spacial score (nSPS) is 16.0. The Labute approximate surface area is 131 Å². The van der Waals surface area contributed by atoms with E-state index in [1.165, 1.54) is 32.1 Å². The Balaban J connectivity index is 0.00000116. The summed E-state index contributed by atoms with van der Waals surface area (Å²) in [7, 11) is 1.34. The van der Waals surface area contributed by atoms with Crippen molar-refractivity contribution in [1.82, 2.24) is 15.3 Å². The summed E-state index contributed by atoms with van der Waals surface area (Å²) in [6.45, 7) is 4.00. The molecule has 0 radical (unpaired) electrons. The van der Waals surface area contributed by atoms with Crippen LogP contribution in [0.3, 0.4) is 0 Å². The number of carbonyl (C=O) groups excluding carboxylic acids is 2. The number of aromatic nitrogens is 2. The van der Waals surface area contributed by atoms with Gasteiger partial charge in [0.15, 0.2) is 0 Å². The molecule has 0 saturated heterocycles. The van der Waals surface area contributed by atoms with Gasteiger partial charge in [-0.05, 0) is 18.8 Å². The van der Waals surface area contributed by atoms with Crippen LogP contribution in [0.25, 0.3) is 0 Å². The van der Waals surface area contributed by atoms with Crippen molar-refractivity contribution >= 4 is 11.9 Å². The molecule has 1 aliphatic rings. The maximum absolute atomic E-state index is 12.1. The highest BCUT2D eigenvalue weighted by atomic mass is 16.5. The number of methoxy groups -OCH3 is 1. The smallest absolute Gasteiger partial charge is 0.328 e. The minimum Gasteiger partial charge on any atom is -0.467 e. The molecule has 1 fully saturated rings. The summed E-state index contributed by atoms with van der Waals surface area (Å²) < 4.78 is 4.81. The van der Waals surface area contributed by atoms with E-state index in [9.17, 15) is 9.59 Å². The van der Waals surface area contributed by atoms with Gasteiger partial charge in [-0.25, -0.2) is 9.78 Å². The molecular weight excluding hydrogens is 282 g/mol. The third-order valence-corrected chi connectivity index (χ3v) is 3.66. The van der Waals surface area contributed by atoms with Gasteiger partial charge in [0.25, 0.3) is 5.91 Å². The Morgan fingerprint density at radius 1 is 1.23 bits per heavy atom. The van der Waals surface area contributed by atoms with Gasteiger partial charge >= 0.3 is 5.97 Å². The summed E-state index contributed by atoms with van der Waals surface area (Å²) in [4.78, 5) is 31.8. The van der Waals surface area contributed by atoms with Crippen LogP contribution >= 0.6 is 0 Å². The van der Waals surface area contributed by atoms with E-state index in [2.05, 4.69) is 15.3 Å². The largest absolute Gasteiger partial charge is 0.467 e. The fourth-order valence-electron chi connectivity index (χ4n) is 2.60. The monoisotopic (exact) mass is 307 g/mol. The summed E-state index contributed by atoms with van der Waals surface area (Å²) in [5.41, 5.74) is 0.206. The first kappa shape index (κ1) is 18.1. The average molecular weight is 307 g/mol. The van der Waals surface area contributed by atoms with Crippen LogP contribution in [0.4, 0.5) is 0 Å². The van der Waals surface area contributed by atoms with Gasteiger partial charge < -0.3 is 10.1 Å². The van der Waals surface area contributed by atoms with Crippen LogP contribution in [0.15, 0.2) is 18.6 Å². The molecule has 0 bridgehead atoms. The predicted octanol–water partition coefficient (Wildman–Crippen LogP) is 2.35. The van der Waals surface area contributed by atoms with Gasteiger partial charge in [0.2, 0.25) is 0 Å². The van der Waals surface area contributed by atoms with E-state index in [0.717, 1.165) is 25.7 Å². The van der Waals surface area contributed by atoms with Gasteiger partial charge in [-0.15, -0.1) is 0 Å². The van der Waals surface area contributed by atoms with Crippen molar-refractivity contribution in [2.24, 2.45) is 5.92 Å². The average Bonchev–Trinajstić information content (AvgIpc) is 2.62. The zero-order valence-electron chi connectivity index (χ0n) is 13.5. The van der Waals surface area contributed by atoms with E-state index in [4.69, 9.17) is 4.74 Å². The number of esters is 1. The first-order valence-electron chi connectivity index (χ1n) is 7.87. The minimum atomic E-state index is -0.602. The predicted molar refractivity (Wildman–Crippen MR) is 83.2 cm³/mol. The van der Waals surface area contributed by atoms with E-state index >= 15 is 0 Å². The van der Waals surface area contributed by atoms with Crippen molar-refractivity contribution in [3.63, 3.8) is 0 Å². The number of carbonyl (C=O) groups is 2. The quantitative estimate of drug-likeness (QED) is 0.864. The summed E-state index contributed by atoms with van der Waals surface area (Å²) in [6.07, 6.45) is 9.53. The van der Waals surface area contributed by atoms with Crippen LogP contribution in [-0.4, -0.2) is 35.0 Å². The SMILES string of the molecule is CC.COC(=O)C(NC(=O)c1cnccn1)C1CCCCC1. The molecule has 1 heterocycles. The molecule has 0 spiro atoms. The molecule has 1 aliphatic carbocycles. The lowest BCUT2D eigenvalue weighted by Gasteiger charge is -2.28. The maximum Gasteiger partial charge on any atom is 0.328 e. The fourth-order valence-corrected chi connectivity index (χ4v) is 2.60. The molecule has 1 atom stereocenters. The van der Waals surface area contributed by atoms with E-state index in [0.29, 0.717) is 0 Å². The fraction of sp³-hybridized carbons (Fsp3) is 0.625. The first-order valence-corrected chi connectivity index (χ1v) is 7.87. The summed E-state index contributed by atoms with van der Waals surface area (Å²) >= 11 is 0. The highest BCUT2D eigenvalue weighted by Gasteiger charge is 2.32. The van der Waals surface area contributed by atoms with Gasteiger partial charge in [-0.2, -0.15) is 0 Å². The number of hydrogen-bond donors (Lipinski definition) is 1. The van der Waals surface area contributed by atoms with Gasteiger partial charge in [-0.3, -0.25) is 9.78 Å². The first-order chi connectivity index (χ1) is 10.7. The van der Waals surface area contributed by atoms with Crippen molar-refractivity contribution < 1.29 is 14.3 Å². The number of hydrogen-bond acceptors (Lipinski definition) is 5. The number of nitrogens with zero attached hydrogens (tertiary/aromatic N) is 2. The lowest BCUT2D eigenvalue weighted by Crippen LogP contribution is -2.47. The molecule has 0 aliphatic heterocycles. The molecule has 0 aromatic carbocycles. The van der Waals surface area contributed by atoms with Crippen molar-refractivity contribution in [3.05, 3.63) is 24.3 Å². The molecule has 1 unspecified atom stereocenters. The lowest BCUT2D eigenvalue weighted by atomic mass is 9.84. The Kier molecular flexibility index (Phi) is 8.10. The topological polar surface area (TPSA) is 81.2 Å². The second-order valence-corrected chi connectivity index (χ2v) is 4.96. The van der Waals surface area contributed by atoms with Gasteiger partial charge in [0.05, 0.1) is 13.3 Å². The molecular formula is C16H25N3O3. The van der Waals surface area contributed by atoms with Crippen LogP contribution in [0.2, 0.25) is 0 Å². The lowest BCUT2D eigenvalue weighted by molar-refractivity contribution is -0.144. The molecule has 2 rings (SSSR count). The van der Waals surface area contributed by atoms with E-state index in [1.807, 2.05) is 13.8 Å². The van der Waals surface area contributed by atoms with Crippen LogP contribution in [0.5, 0.6) is 0 Å². The molecule has 6 heteroatoms. The number of nitrogens with one attached hydrogen (secondary N) is 1. The van der Waals surface area contributed by atoms with Crippen LogP contribution in [0, 0.1) is 5.92 Å². The Morgan fingerprint density at radius 2 is 1.91 bits per heavy atom. The molecule has 1 aromatic rings. The number of ether oxygens (including phenoxy) is 1. The zero-order chi connectivity index (χ0) is 16.4.